The number of carboxylic acid groups (broad SMARTS) is 2. The molecule has 0 heterocycles. The van der Waals surface area contributed by atoms with Crippen LogP contribution in [0.25, 0.3) is 0 Å². The summed E-state index contributed by atoms with van der Waals surface area (Å²) in [5.74, 6) is -3.15. The number of carbonyl (C=O) groups excluding carboxylic acids is 2. The van der Waals surface area contributed by atoms with Crippen molar-refractivity contribution in [3.05, 3.63) is 0 Å². The molecule has 0 saturated heterocycles. The Morgan fingerprint density at radius 3 is 2.17 bits per heavy atom. The van der Waals surface area contributed by atoms with Crippen molar-refractivity contribution in [2.45, 2.75) is 6.29 Å². The summed E-state index contributed by atoms with van der Waals surface area (Å²) in [6.07, 6.45) is -1.66. The molecule has 0 aliphatic rings. The van der Waals surface area contributed by atoms with E-state index >= 15 is 0 Å². The van der Waals surface area contributed by atoms with Gasteiger partial charge < -0.3 is 29.3 Å². The van der Waals surface area contributed by atoms with Crippen molar-refractivity contribution in [3.8, 4) is 0 Å². The Labute approximate surface area is 106 Å². The first-order valence-corrected chi connectivity index (χ1v) is 2.63. The number of carboxylic acids is 2. The molecule has 12 heavy (non-hydrogen) atoms. The average molecular weight is 250 g/mol. The summed E-state index contributed by atoms with van der Waals surface area (Å²) in [5.41, 5.74) is 0. The first-order chi connectivity index (χ1) is 5.07. The van der Waals surface area contributed by atoms with E-state index in [2.05, 4.69) is 9.47 Å². The third kappa shape index (κ3) is 7.01. The van der Waals surface area contributed by atoms with E-state index in [4.69, 9.17) is 0 Å². The van der Waals surface area contributed by atoms with Crippen LogP contribution in [-0.2, 0) is 19.1 Å². The zero-order valence-electron chi connectivity index (χ0n) is 6.44. The van der Waals surface area contributed by atoms with E-state index < -0.39 is 24.8 Å². The molecule has 0 amide bonds. The molecule has 1 atom stereocenters. The van der Waals surface area contributed by atoms with Crippen molar-refractivity contribution in [1.82, 2.24) is 0 Å². The van der Waals surface area contributed by atoms with Crippen LogP contribution in [-0.4, -0.2) is 77.4 Å². The van der Waals surface area contributed by atoms with Crippen molar-refractivity contribution in [2.24, 2.45) is 0 Å². The second-order valence-electron chi connectivity index (χ2n) is 1.57. The van der Waals surface area contributed by atoms with E-state index in [1.165, 1.54) is 0 Å². The summed E-state index contributed by atoms with van der Waals surface area (Å²) in [6.45, 7) is -0.841. The van der Waals surface area contributed by atoms with Gasteiger partial charge in [0.25, 0.3) is 0 Å². The Hall–Kier alpha value is 0.341. The predicted octanol–water partition coefficient (Wildman–Crippen LogP) is -3.91. The number of hydrogen-bond donors (Lipinski definition) is 0. The molecule has 0 aliphatic heterocycles. The molecule has 0 unspecified atom stereocenters. The molecule has 6 nitrogen and oxygen atoms in total. The SMILES string of the molecule is CO[C@H](OCC(=O)[O-])C(=O)[O-].[Sr+2]. The van der Waals surface area contributed by atoms with E-state index in [0.29, 0.717) is 0 Å². The maximum Gasteiger partial charge on any atom is 2.00 e. The molecule has 0 aromatic carbocycles. The maximum absolute atomic E-state index is 9.97. The largest absolute Gasteiger partial charge is 2.00 e. The van der Waals surface area contributed by atoms with Crippen LogP contribution in [0.2, 0.25) is 0 Å². The molecule has 0 bridgehead atoms. The zero-order chi connectivity index (χ0) is 8.85. The van der Waals surface area contributed by atoms with Gasteiger partial charge in [0, 0.05) is 7.11 Å². The number of rotatable bonds is 5. The first-order valence-electron chi connectivity index (χ1n) is 2.63. The van der Waals surface area contributed by atoms with Crippen LogP contribution in [0.15, 0.2) is 0 Å². The Kier molecular flexibility index (Phi) is 9.85. The minimum atomic E-state index is -1.66. The zero-order valence-corrected chi connectivity index (χ0v) is 9.92. The maximum atomic E-state index is 9.97. The fraction of sp³-hybridized carbons (Fsp3) is 0.600. The first kappa shape index (κ1) is 14.8. The molecule has 0 aromatic rings. The quantitative estimate of drug-likeness (QED) is 0.365. The van der Waals surface area contributed by atoms with Crippen LogP contribution < -0.4 is 10.2 Å². The molecular formula is C5H6O6Sr. The van der Waals surface area contributed by atoms with Gasteiger partial charge >= 0.3 is 45.5 Å². The predicted molar refractivity (Wildman–Crippen MR) is 32.5 cm³/mol. The Morgan fingerprint density at radius 2 is 1.92 bits per heavy atom. The Morgan fingerprint density at radius 1 is 1.42 bits per heavy atom. The summed E-state index contributed by atoms with van der Waals surface area (Å²) in [4.78, 5) is 19.7. The Bertz CT molecular complexity index is 158. The molecule has 0 spiro atoms. The van der Waals surface area contributed by atoms with Crippen LogP contribution in [0.4, 0.5) is 0 Å². The minimum absolute atomic E-state index is 0. The molecule has 0 N–H and O–H groups in total. The van der Waals surface area contributed by atoms with Gasteiger partial charge in [0.1, 0.15) is 0 Å². The number of ether oxygens (including phenoxy) is 2. The van der Waals surface area contributed by atoms with Gasteiger partial charge in [0.15, 0.2) is 6.29 Å². The van der Waals surface area contributed by atoms with E-state index in [1.54, 1.807) is 0 Å². The fourth-order valence-corrected chi connectivity index (χ4v) is 0.376. The van der Waals surface area contributed by atoms with Crippen molar-refractivity contribution < 1.29 is 29.3 Å². The van der Waals surface area contributed by atoms with E-state index in [0.717, 1.165) is 7.11 Å². The molecule has 0 fully saturated rings. The third-order valence-electron chi connectivity index (χ3n) is 0.759. The minimum Gasteiger partial charge on any atom is -0.548 e. The topological polar surface area (TPSA) is 98.7 Å². The monoisotopic (exact) mass is 250 g/mol. The molecule has 0 saturated carbocycles. The number of methoxy groups -OCH3 is 1. The van der Waals surface area contributed by atoms with Gasteiger partial charge in [-0.2, -0.15) is 0 Å². The number of hydrogen-bond acceptors (Lipinski definition) is 6. The Balaban J connectivity index is 0. The smallest absolute Gasteiger partial charge is 0.548 e. The standard InChI is InChI=1S/C5H8O6.Sr/c1-10-5(4(8)9)11-2-3(6)7;/h5H,2H2,1H3,(H,6,7)(H,8,9);/q;+2/p-2/t5-;/m1./s1. The molecule has 7 heteroatoms. The molecule has 64 valence electrons. The molecule has 0 aromatic heterocycles. The van der Waals surface area contributed by atoms with Crippen LogP contribution in [0.1, 0.15) is 0 Å². The van der Waals surface area contributed by atoms with Crippen molar-refractivity contribution in [1.29, 1.82) is 0 Å². The second-order valence-corrected chi connectivity index (χ2v) is 1.57. The van der Waals surface area contributed by atoms with E-state index in [9.17, 15) is 19.8 Å². The van der Waals surface area contributed by atoms with Gasteiger partial charge in [-0.3, -0.25) is 0 Å². The van der Waals surface area contributed by atoms with Gasteiger partial charge in [-0.1, -0.05) is 0 Å². The third-order valence-corrected chi connectivity index (χ3v) is 0.759. The van der Waals surface area contributed by atoms with Crippen LogP contribution in [0.3, 0.4) is 0 Å². The van der Waals surface area contributed by atoms with Crippen LogP contribution >= 0.6 is 0 Å². The van der Waals surface area contributed by atoms with Gasteiger partial charge in [-0.15, -0.1) is 0 Å². The second kappa shape index (κ2) is 7.96. The van der Waals surface area contributed by atoms with Gasteiger partial charge in [-0.05, 0) is 0 Å². The summed E-state index contributed by atoms with van der Waals surface area (Å²) in [6, 6.07) is 0. The number of aliphatic carboxylic acids is 2. The van der Waals surface area contributed by atoms with Gasteiger partial charge in [0.05, 0.1) is 18.5 Å². The van der Waals surface area contributed by atoms with E-state index in [-0.39, 0.29) is 45.5 Å². The van der Waals surface area contributed by atoms with E-state index in [1.807, 2.05) is 0 Å². The fourth-order valence-electron chi connectivity index (χ4n) is 0.376. The number of carbonyl (C=O) groups is 2. The summed E-state index contributed by atoms with van der Waals surface area (Å²) in [7, 11) is 1.05. The van der Waals surface area contributed by atoms with Crippen molar-refractivity contribution in [2.75, 3.05) is 13.7 Å². The average Bonchev–Trinajstić information content (AvgIpc) is 1.87. The summed E-state index contributed by atoms with van der Waals surface area (Å²) < 4.78 is 8.35. The molecular weight excluding hydrogens is 244 g/mol. The summed E-state index contributed by atoms with van der Waals surface area (Å²) >= 11 is 0. The van der Waals surface area contributed by atoms with Crippen LogP contribution in [0.5, 0.6) is 0 Å². The van der Waals surface area contributed by atoms with Gasteiger partial charge in [-0.25, -0.2) is 0 Å². The molecule has 0 radical (unpaired) electrons. The van der Waals surface area contributed by atoms with Crippen molar-refractivity contribution >= 4 is 57.4 Å². The van der Waals surface area contributed by atoms with Crippen molar-refractivity contribution in [3.63, 3.8) is 0 Å². The van der Waals surface area contributed by atoms with Gasteiger partial charge in [0.2, 0.25) is 0 Å². The normalized spacial score (nSPS) is 11.4. The summed E-state index contributed by atoms with van der Waals surface area (Å²) in [5, 5.41) is 19.7. The van der Waals surface area contributed by atoms with Crippen LogP contribution in [0, 0.1) is 0 Å². The molecule has 0 aliphatic carbocycles. The molecule has 0 rings (SSSR count).